The van der Waals surface area contributed by atoms with Gasteiger partial charge in [-0.25, -0.2) is 0 Å². The normalized spacial score (nSPS) is 12.6. The monoisotopic (exact) mass is 190 g/mol. The van der Waals surface area contributed by atoms with E-state index in [1.165, 1.54) is 0 Å². The van der Waals surface area contributed by atoms with Crippen LogP contribution < -0.4 is 11.1 Å². The van der Waals surface area contributed by atoms with Crippen LogP contribution >= 0.6 is 11.8 Å². The lowest BCUT2D eigenvalue weighted by molar-refractivity contribution is -0.122. The van der Waals surface area contributed by atoms with Crippen LogP contribution in [0.4, 0.5) is 0 Å². The summed E-state index contributed by atoms with van der Waals surface area (Å²) in [7, 11) is 0. The van der Waals surface area contributed by atoms with Crippen LogP contribution in [0, 0.1) is 0 Å². The molecule has 0 spiro atoms. The van der Waals surface area contributed by atoms with Crippen molar-refractivity contribution in [1.82, 2.24) is 5.32 Å². The van der Waals surface area contributed by atoms with Crippen LogP contribution in [0.5, 0.6) is 0 Å². The van der Waals surface area contributed by atoms with Crippen LogP contribution in [0.3, 0.4) is 0 Å². The van der Waals surface area contributed by atoms with E-state index in [9.17, 15) is 4.79 Å². The fraction of sp³-hybridized carbons (Fsp3) is 0.875. The molecule has 0 unspecified atom stereocenters. The second-order valence-corrected chi connectivity index (χ2v) is 3.66. The first-order valence-corrected chi connectivity index (χ1v) is 5.64. The third kappa shape index (κ3) is 5.43. The van der Waals surface area contributed by atoms with Crippen LogP contribution in [0.2, 0.25) is 0 Å². The molecule has 3 N–H and O–H groups in total. The van der Waals surface area contributed by atoms with E-state index in [4.69, 9.17) is 5.73 Å². The van der Waals surface area contributed by atoms with Gasteiger partial charge >= 0.3 is 0 Å². The SMILES string of the molecule is CCC[C@H](N)C(=O)NCCSC. The number of hydrogen-bond donors (Lipinski definition) is 2. The first-order valence-electron chi connectivity index (χ1n) is 4.24. The average molecular weight is 190 g/mol. The van der Waals surface area contributed by atoms with Gasteiger partial charge in [0.05, 0.1) is 6.04 Å². The fourth-order valence-electron chi connectivity index (χ4n) is 0.849. The van der Waals surface area contributed by atoms with Crippen LogP contribution in [-0.4, -0.2) is 30.5 Å². The van der Waals surface area contributed by atoms with Crippen LogP contribution in [-0.2, 0) is 4.79 Å². The van der Waals surface area contributed by atoms with E-state index in [2.05, 4.69) is 5.32 Å². The third-order valence-corrected chi connectivity index (χ3v) is 2.15. The minimum atomic E-state index is -0.322. The van der Waals surface area contributed by atoms with Gasteiger partial charge in [0.1, 0.15) is 0 Å². The van der Waals surface area contributed by atoms with Crippen molar-refractivity contribution >= 4 is 17.7 Å². The van der Waals surface area contributed by atoms with Crippen LogP contribution in [0.1, 0.15) is 19.8 Å². The van der Waals surface area contributed by atoms with Gasteiger partial charge < -0.3 is 11.1 Å². The van der Waals surface area contributed by atoms with E-state index < -0.39 is 0 Å². The van der Waals surface area contributed by atoms with Crippen molar-refractivity contribution in [2.24, 2.45) is 5.73 Å². The zero-order valence-corrected chi connectivity index (χ0v) is 8.62. The molecule has 0 aromatic rings. The van der Waals surface area contributed by atoms with E-state index in [-0.39, 0.29) is 11.9 Å². The Labute approximate surface area is 78.5 Å². The summed E-state index contributed by atoms with van der Waals surface area (Å²) in [5.41, 5.74) is 5.59. The summed E-state index contributed by atoms with van der Waals surface area (Å²) in [6.07, 6.45) is 3.74. The molecule has 1 atom stereocenters. The maximum atomic E-state index is 11.2. The average Bonchev–Trinajstić information content (AvgIpc) is 2.05. The molecule has 0 radical (unpaired) electrons. The fourth-order valence-corrected chi connectivity index (χ4v) is 1.16. The minimum Gasteiger partial charge on any atom is -0.354 e. The molecule has 0 saturated carbocycles. The quantitative estimate of drug-likeness (QED) is 0.603. The Morgan fingerprint density at radius 3 is 2.83 bits per heavy atom. The molecule has 0 aromatic carbocycles. The molecule has 0 aliphatic carbocycles. The van der Waals surface area contributed by atoms with Gasteiger partial charge in [-0.05, 0) is 12.7 Å². The van der Waals surface area contributed by atoms with E-state index in [1.807, 2.05) is 13.2 Å². The maximum Gasteiger partial charge on any atom is 0.236 e. The smallest absolute Gasteiger partial charge is 0.236 e. The highest BCUT2D eigenvalue weighted by atomic mass is 32.2. The van der Waals surface area contributed by atoms with E-state index in [0.29, 0.717) is 0 Å². The predicted molar refractivity (Wildman–Crippen MR) is 54.3 cm³/mol. The number of carbonyl (C=O) groups is 1. The molecule has 1 amide bonds. The van der Waals surface area contributed by atoms with Gasteiger partial charge in [-0.15, -0.1) is 0 Å². The lowest BCUT2D eigenvalue weighted by Gasteiger charge is -2.10. The summed E-state index contributed by atoms with van der Waals surface area (Å²) in [4.78, 5) is 11.2. The second-order valence-electron chi connectivity index (χ2n) is 2.68. The van der Waals surface area contributed by atoms with Crippen LogP contribution in [0.15, 0.2) is 0 Å². The predicted octanol–water partition coefficient (Wildman–Crippen LogP) is 0.593. The van der Waals surface area contributed by atoms with Crippen molar-refractivity contribution in [3.05, 3.63) is 0 Å². The lowest BCUT2D eigenvalue weighted by atomic mass is 10.2. The molecule has 0 rings (SSSR count). The third-order valence-electron chi connectivity index (χ3n) is 1.54. The van der Waals surface area contributed by atoms with Crippen LogP contribution in [0.25, 0.3) is 0 Å². The summed E-state index contributed by atoms with van der Waals surface area (Å²) in [5.74, 6) is 0.927. The Hall–Kier alpha value is -0.220. The summed E-state index contributed by atoms with van der Waals surface area (Å²) in [5, 5.41) is 2.78. The van der Waals surface area contributed by atoms with Gasteiger partial charge in [0, 0.05) is 12.3 Å². The molecule has 0 aliphatic rings. The number of carbonyl (C=O) groups excluding carboxylic acids is 1. The number of nitrogens with one attached hydrogen (secondary N) is 1. The molecule has 0 heterocycles. The number of rotatable bonds is 6. The highest BCUT2D eigenvalue weighted by Gasteiger charge is 2.10. The topological polar surface area (TPSA) is 55.1 Å². The summed E-state index contributed by atoms with van der Waals surface area (Å²) >= 11 is 1.71. The molecule has 0 bridgehead atoms. The molecule has 0 fully saturated rings. The molecular weight excluding hydrogens is 172 g/mol. The molecular formula is C8H18N2OS. The van der Waals surface area contributed by atoms with Crippen molar-refractivity contribution in [3.8, 4) is 0 Å². The number of hydrogen-bond acceptors (Lipinski definition) is 3. The molecule has 3 nitrogen and oxygen atoms in total. The first-order chi connectivity index (χ1) is 5.72. The van der Waals surface area contributed by atoms with Crippen molar-refractivity contribution in [3.63, 3.8) is 0 Å². The zero-order chi connectivity index (χ0) is 9.40. The molecule has 4 heteroatoms. The largest absolute Gasteiger partial charge is 0.354 e. The van der Waals surface area contributed by atoms with Crippen molar-refractivity contribution in [2.75, 3.05) is 18.6 Å². The number of amides is 1. The molecule has 0 saturated heterocycles. The second kappa shape index (κ2) is 7.43. The van der Waals surface area contributed by atoms with Crippen molar-refractivity contribution < 1.29 is 4.79 Å². The standard InChI is InChI=1S/C8H18N2OS/c1-3-4-7(9)8(11)10-5-6-12-2/h7H,3-6,9H2,1-2H3,(H,10,11)/t7-/m0/s1. The Bertz CT molecular complexity index is 130. The van der Waals surface area contributed by atoms with Gasteiger partial charge in [-0.2, -0.15) is 11.8 Å². The Balaban J connectivity index is 3.43. The van der Waals surface area contributed by atoms with Gasteiger partial charge in [0.15, 0.2) is 0 Å². The molecule has 72 valence electrons. The van der Waals surface area contributed by atoms with Gasteiger partial charge in [-0.3, -0.25) is 4.79 Å². The van der Waals surface area contributed by atoms with E-state index in [0.717, 1.165) is 25.1 Å². The molecule has 12 heavy (non-hydrogen) atoms. The van der Waals surface area contributed by atoms with Crippen molar-refractivity contribution in [1.29, 1.82) is 0 Å². The highest BCUT2D eigenvalue weighted by molar-refractivity contribution is 7.98. The summed E-state index contributed by atoms with van der Waals surface area (Å²) in [6, 6.07) is -0.322. The minimum absolute atomic E-state index is 0.0223. The van der Waals surface area contributed by atoms with E-state index >= 15 is 0 Å². The van der Waals surface area contributed by atoms with Gasteiger partial charge in [0.2, 0.25) is 5.91 Å². The van der Waals surface area contributed by atoms with Gasteiger partial charge in [0.25, 0.3) is 0 Å². The zero-order valence-electron chi connectivity index (χ0n) is 7.80. The summed E-state index contributed by atoms with van der Waals surface area (Å²) in [6.45, 7) is 2.74. The van der Waals surface area contributed by atoms with Gasteiger partial charge in [-0.1, -0.05) is 13.3 Å². The maximum absolute atomic E-state index is 11.2. The molecule has 0 aliphatic heterocycles. The Kier molecular flexibility index (Phi) is 7.29. The number of nitrogens with two attached hydrogens (primary N) is 1. The molecule has 0 aromatic heterocycles. The number of thioether (sulfide) groups is 1. The first kappa shape index (κ1) is 11.8. The van der Waals surface area contributed by atoms with E-state index in [1.54, 1.807) is 11.8 Å². The Morgan fingerprint density at radius 1 is 1.67 bits per heavy atom. The highest BCUT2D eigenvalue weighted by Crippen LogP contribution is 1.93. The summed E-state index contributed by atoms with van der Waals surface area (Å²) < 4.78 is 0. The Morgan fingerprint density at radius 2 is 2.33 bits per heavy atom. The van der Waals surface area contributed by atoms with Crippen molar-refractivity contribution in [2.45, 2.75) is 25.8 Å². The lowest BCUT2D eigenvalue weighted by Crippen LogP contribution is -2.41.